The average Bonchev–Trinajstić information content (AvgIpc) is 2.71. The number of likely N-dealkylation sites (N-methyl/N-ethyl adjacent to an activating group) is 1. The van der Waals surface area contributed by atoms with E-state index in [-0.39, 0.29) is 12.5 Å². The van der Waals surface area contributed by atoms with Crippen LogP contribution < -0.4 is 0 Å². The number of nitrogens with zero attached hydrogens (tertiary/aromatic N) is 1. The van der Waals surface area contributed by atoms with E-state index in [1.807, 2.05) is 5.38 Å². The van der Waals surface area contributed by atoms with Gasteiger partial charge >= 0.3 is 0 Å². The van der Waals surface area contributed by atoms with Crippen LogP contribution in [0.2, 0.25) is 0 Å². The number of thiophene rings is 1. The van der Waals surface area contributed by atoms with Crippen LogP contribution in [0.1, 0.15) is 4.88 Å². The highest BCUT2D eigenvalue weighted by molar-refractivity contribution is 9.10. The highest BCUT2D eigenvalue weighted by Crippen LogP contribution is 2.29. The predicted octanol–water partition coefficient (Wildman–Crippen LogP) is 1.52. The molecule has 4 nitrogen and oxygen atoms in total. The fourth-order valence-electron chi connectivity index (χ4n) is 1.90. The second-order valence-electron chi connectivity index (χ2n) is 4.64. The van der Waals surface area contributed by atoms with E-state index < -0.39 is 5.41 Å². The molecular weight excluding hydrogens is 318 g/mol. The van der Waals surface area contributed by atoms with Gasteiger partial charge in [-0.15, -0.1) is 11.3 Å². The van der Waals surface area contributed by atoms with E-state index in [0.29, 0.717) is 19.8 Å². The maximum atomic E-state index is 12.2. The maximum absolute atomic E-state index is 12.2. The molecule has 6 heteroatoms. The molecule has 100 valence electrons. The summed E-state index contributed by atoms with van der Waals surface area (Å²) in [6.07, 6.45) is 0.834. The summed E-state index contributed by atoms with van der Waals surface area (Å²) in [7, 11) is 1.78. The topological polar surface area (TPSA) is 49.8 Å². The van der Waals surface area contributed by atoms with Gasteiger partial charge in [-0.3, -0.25) is 4.79 Å². The number of hydrogen-bond acceptors (Lipinski definition) is 4. The van der Waals surface area contributed by atoms with Crippen molar-refractivity contribution in [2.75, 3.05) is 33.4 Å². The number of ether oxygens (including phenoxy) is 1. The van der Waals surface area contributed by atoms with Crippen molar-refractivity contribution in [3.05, 3.63) is 20.8 Å². The number of amides is 1. The molecule has 0 saturated carbocycles. The molecule has 1 aromatic rings. The summed E-state index contributed by atoms with van der Waals surface area (Å²) in [4.78, 5) is 15.1. The Hall–Kier alpha value is -0.430. The standard InChI is InChI=1S/C12H16BrNO3S/c1-14(3-2-10-4-9(13)5-18-10)11(16)12(6-15)7-17-8-12/h4-5,15H,2-3,6-8H2,1H3. The minimum Gasteiger partial charge on any atom is -0.395 e. The molecule has 0 radical (unpaired) electrons. The number of aliphatic hydroxyl groups is 1. The van der Waals surface area contributed by atoms with E-state index in [2.05, 4.69) is 22.0 Å². The Morgan fingerprint density at radius 1 is 1.67 bits per heavy atom. The van der Waals surface area contributed by atoms with Crippen LogP contribution in [0.4, 0.5) is 0 Å². The third-order valence-electron chi connectivity index (χ3n) is 3.18. The molecule has 1 aromatic heterocycles. The lowest BCUT2D eigenvalue weighted by atomic mass is 9.85. The largest absolute Gasteiger partial charge is 0.395 e. The zero-order chi connectivity index (χ0) is 13.2. The second kappa shape index (κ2) is 5.69. The summed E-state index contributed by atoms with van der Waals surface area (Å²) < 4.78 is 6.13. The normalized spacial score (nSPS) is 17.3. The lowest BCUT2D eigenvalue weighted by Crippen LogP contribution is -2.56. The van der Waals surface area contributed by atoms with Crippen molar-refractivity contribution in [2.24, 2.45) is 5.41 Å². The number of halogens is 1. The first kappa shape index (κ1) is 14.0. The van der Waals surface area contributed by atoms with Crippen LogP contribution in [0.3, 0.4) is 0 Å². The maximum Gasteiger partial charge on any atom is 0.235 e. The quantitative estimate of drug-likeness (QED) is 0.888. The Morgan fingerprint density at radius 2 is 2.39 bits per heavy atom. The first-order valence-corrected chi connectivity index (χ1v) is 7.42. The summed E-state index contributed by atoms with van der Waals surface area (Å²) in [6, 6.07) is 2.07. The lowest BCUT2D eigenvalue weighted by molar-refractivity contribution is -0.179. The summed E-state index contributed by atoms with van der Waals surface area (Å²) in [6.45, 7) is 1.18. The van der Waals surface area contributed by atoms with Crippen LogP contribution in [-0.4, -0.2) is 49.3 Å². The van der Waals surface area contributed by atoms with Gasteiger partial charge in [0.2, 0.25) is 5.91 Å². The minimum atomic E-state index is -0.690. The van der Waals surface area contributed by atoms with Crippen LogP contribution in [0, 0.1) is 5.41 Å². The van der Waals surface area contributed by atoms with Crippen molar-refractivity contribution in [1.82, 2.24) is 4.90 Å². The van der Waals surface area contributed by atoms with Gasteiger partial charge in [0.05, 0.1) is 19.8 Å². The summed E-state index contributed by atoms with van der Waals surface area (Å²) >= 11 is 5.09. The van der Waals surface area contributed by atoms with E-state index >= 15 is 0 Å². The molecule has 0 spiro atoms. The summed E-state index contributed by atoms with van der Waals surface area (Å²) in [5.41, 5.74) is -0.690. The molecule has 1 amide bonds. The Bertz CT molecular complexity index is 425. The van der Waals surface area contributed by atoms with Gasteiger partial charge in [0.15, 0.2) is 0 Å². The van der Waals surface area contributed by atoms with Gasteiger partial charge in [-0.05, 0) is 28.4 Å². The minimum absolute atomic E-state index is 0.0214. The smallest absolute Gasteiger partial charge is 0.235 e. The Kier molecular flexibility index (Phi) is 4.42. The number of carbonyl (C=O) groups is 1. The van der Waals surface area contributed by atoms with Crippen molar-refractivity contribution >= 4 is 33.2 Å². The molecule has 18 heavy (non-hydrogen) atoms. The molecule has 2 heterocycles. The zero-order valence-corrected chi connectivity index (χ0v) is 12.6. The van der Waals surface area contributed by atoms with E-state index in [1.165, 1.54) is 4.88 Å². The predicted molar refractivity (Wildman–Crippen MR) is 73.7 cm³/mol. The molecular formula is C12H16BrNO3S. The molecule has 0 bridgehead atoms. The van der Waals surface area contributed by atoms with E-state index in [9.17, 15) is 9.90 Å². The van der Waals surface area contributed by atoms with Crippen molar-refractivity contribution in [2.45, 2.75) is 6.42 Å². The van der Waals surface area contributed by atoms with Crippen LogP contribution in [0.15, 0.2) is 15.9 Å². The van der Waals surface area contributed by atoms with Crippen molar-refractivity contribution in [3.8, 4) is 0 Å². The number of rotatable bonds is 5. The highest BCUT2D eigenvalue weighted by Gasteiger charge is 2.46. The molecule has 1 saturated heterocycles. The first-order chi connectivity index (χ1) is 8.57. The van der Waals surface area contributed by atoms with Crippen LogP contribution in [0.25, 0.3) is 0 Å². The van der Waals surface area contributed by atoms with Crippen LogP contribution in [0.5, 0.6) is 0 Å². The number of aliphatic hydroxyl groups excluding tert-OH is 1. The molecule has 0 aliphatic carbocycles. The molecule has 2 rings (SSSR count). The molecule has 1 N–H and O–H groups in total. The number of carbonyl (C=O) groups excluding carboxylic acids is 1. The molecule has 1 aliphatic rings. The zero-order valence-electron chi connectivity index (χ0n) is 10.2. The molecule has 0 aromatic carbocycles. The van der Waals surface area contributed by atoms with E-state index in [0.717, 1.165) is 10.9 Å². The Labute approximate surface area is 119 Å². The lowest BCUT2D eigenvalue weighted by Gasteiger charge is -2.40. The first-order valence-electron chi connectivity index (χ1n) is 5.74. The Balaban J connectivity index is 1.87. The van der Waals surface area contributed by atoms with Crippen LogP contribution >= 0.6 is 27.3 Å². The van der Waals surface area contributed by atoms with Crippen molar-refractivity contribution < 1.29 is 14.6 Å². The van der Waals surface area contributed by atoms with Gasteiger partial charge in [0, 0.05) is 28.3 Å². The monoisotopic (exact) mass is 333 g/mol. The fourth-order valence-corrected chi connectivity index (χ4v) is 3.34. The van der Waals surface area contributed by atoms with Crippen molar-refractivity contribution in [1.29, 1.82) is 0 Å². The Morgan fingerprint density at radius 3 is 2.83 bits per heavy atom. The van der Waals surface area contributed by atoms with Crippen molar-refractivity contribution in [3.63, 3.8) is 0 Å². The molecule has 0 atom stereocenters. The highest BCUT2D eigenvalue weighted by atomic mass is 79.9. The number of hydrogen-bond donors (Lipinski definition) is 1. The third kappa shape index (κ3) is 2.77. The van der Waals surface area contributed by atoms with E-state index in [1.54, 1.807) is 23.3 Å². The van der Waals surface area contributed by atoms with Crippen LogP contribution in [-0.2, 0) is 16.0 Å². The summed E-state index contributed by atoms with van der Waals surface area (Å²) in [5.74, 6) is -0.0214. The van der Waals surface area contributed by atoms with Gasteiger partial charge in [-0.25, -0.2) is 0 Å². The van der Waals surface area contributed by atoms with Gasteiger partial charge in [-0.1, -0.05) is 0 Å². The van der Waals surface area contributed by atoms with Gasteiger partial charge < -0.3 is 14.7 Å². The summed E-state index contributed by atoms with van der Waals surface area (Å²) in [5, 5.41) is 11.3. The second-order valence-corrected chi connectivity index (χ2v) is 6.55. The van der Waals surface area contributed by atoms with Gasteiger partial charge in [-0.2, -0.15) is 0 Å². The van der Waals surface area contributed by atoms with Gasteiger partial charge in [0.1, 0.15) is 5.41 Å². The third-order valence-corrected chi connectivity index (χ3v) is 4.93. The SMILES string of the molecule is CN(CCc1cc(Br)cs1)C(=O)C1(CO)COC1. The molecule has 1 aliphatic heterocycles. The molecule has 0 unspecified atom stereocenters. The van der Waals surface area contributed by atoms with E-state index in [4.69, 9.17) is 4.74 Å². The molecule has 1 fully saturated rings. The fraction of sp³-hybridized carbons (Fsp3) is 0.583. The van der Waals surface area contributed by atoms with Gasteiger partial charge in [0.25, 0.3) is 0 Å². The average molecular weight is 334 g/mol.